The fourth-order valence-corrected chi connectivity index (χ4v) is 2.51. The van der Waals surface area contributed by atoms with E-state index in [1.807, 2.05) is 23.5 Å². The number of rotatable bonds is 3. The maximum absolute atomic E-state index is 12.5. The molecule has 3 aromatic rings. The van der Waals surface area contributed by atoms with E-state index in [9.17, 15) is 18.0 Å². The van der Waals surface area contributed by atoms with E-state index in [4.69, 9.17) is 4.42 Å². The van der Waals surface area contributed by atoms with Crippen LogP contribution >= 0.6 is 0 Å². The van der Waals surface area contributed by atoms with Crippen molar-refractivity contribution >= 4 is 22.7 Å². The SMILES string of the molecule is Cc1ccc(-c2nc3cc(C(C)C)ccc3o2)cc1NC(=O)C(F)(F)F. The summed E-state index contributed by atoms with van der Waals surface area (Å²) in [4.78, 5) is 15.6. The van der Waals surface area contributed by atoms with E-state index >= 15 is 0 Å². The van der Waals surface area contributed by atoms with Crippen molar-refractivity contribution in [1.82, 2.24) is 4.98 Å². The Balaban J connectivity index is 1.98. The molecule has 136 valence electrons. The molecule has 0 atom stereocenters. The van der Waals surface area contributed by atoms with E-state index < -0.39 is 12.1 Å². The summed E-state index contributed by atoms with van der Waals surface area (Å²) in [7, 11) is 0. The summed E-state index contributed by atoms with van der Waals surface area (Å²) in [5, 5.41) is 1.88. The van der Waals surface area contributed by atoms with Crippen molar-refractivity contribution in [2.24, 2.45) is 0 Å². The Kier molecular flexibility index (Phi) is 4.48. The molecule has 26 heavy (non-hydrogen) atoms. The molecule has 1 N–H and O–H groups in total. The zero-order chi connectivity index (χ0) is 19.1. The highest BCUT2D eigenvalue weighted by Gasteiger charge is 2.38. The van der Waals surface area contributed by atoms with Gasteiger partial charge in [0, 0.05) is 11.3 Å². The van der Waals surface area contributed by atoms with Crippen LogP contribution in [0.15, 0.2) is 40.8 Å². The normalized spacial score (nSPS) is 12.0. The molecule has 0 aliphatic carbocycles. The highest BCUT2D eigenvalue weighted by molar-refractivity contribution is 5.96. The quantitative estimate of drug-likeness (QED) is 0.676. The van der Waals surface area contributed by atoms with Crippen molar-refractivity contribution in [1.29, 1.82) is 0 Å². The number of carbonyl (C=O) groups is 1. The Labute approximate surface area is 148 Å². The molecule has 7 heteroatoms. The lowest BCUT2D eigenvalue weighted by atomic mass is 10.0. The molecule has 3 rings (SSSR count). The van der Waals surface area contributed by atoms with Crippen LogP contribution in [0.25, 0.3) is 22.6 Å². The molecule has 1 aromatic heterocycles. The van der Waals surface area contributed by atoms with Crippen LogP contribution in [0.3, 0.4) is 0 Å². The van der Waals surface area contributed by atoms with Gasteiger partial charge in [-0.25, -0.2) is 4.98 Å². The Bertz CT molecular complexity index is 975. The molecule has 1 heterocycles. The summed E-state index contributed by atoms with van der Waals surface area (Å²) in [6, 6.07) is 10.4. The third kappa shape index (κ3) is 3.56. The van der Waals surface area contributed by atoms with Gasteiger partial charge in [-0.2, -0.15) is 13.2 Å². The van der Waals surface area contributed by atoms with Crippen LogP contribution in [0.4, 0.5) is 18.9 Å². The average Bonchev–Trinajstić information content (AvgIpc) is 2.98. The van der Waals surface area contributed by atoms with E-state index in [-0.39, 0.29) is 11.6 Å². The number of hydrogen-bond donors (Lipinski definition) is 1. The number of amides is 1. The highest BCUT2D eigenvalue weighted by Crippen LogP contribution is 2.30. The van der Waals surface area contributed by atoms with Gasteiger partial charge in [-0.15, -0.1) is 0 Å². The number of carbonyl (C=O) groups excluding carboxylic acids is 1. The van der Waals surface area contributed by atoms with Gasteiger partial charge in [-0.05, 0) is 48.2 Å². The lowest BCUT2D eigenvalue weighted by molar-refractivity contribution is -0.167. The molecule has 2 aromatic carbocycles. The maximum Gasteiger partial charge on any atom is 0.471 e. The van der Waals surface area contributed by atoms with E-state index in [2.05, 4.69) is 18.8 Å². The van der Waals surface area contributed by atoms with Gasteiger partial charge in [-0.3, -0.25) is 4.79 Å². The Morgan fingerprint density at radius 3 is 2.54 bits per heavy atom. The van der Waals surface area contributed by atoms with E-state index in [0.29, 0.717) is 28.1 Å². The molecule has 0 unspecified atom stereocenters. The van der Waals surface area contributed by atoms with Crippen LogP contribution < -0.4 is 5.32 Å². The molecule has 0 saturated carbocycles. The number of hydrogen-bond acceptors (Lipinski definition) is 3. The van der Waals surface area contributed by atoms with Crippen LogP contribution in [0.5, 0.6) is 0 Å². The average molecular weight is 362 g/mol. The number of alkyl halides is 3. The number of halogens is 3. The highest BCUT2D eigenvalue weighted by atomic mass is 19.4. The number of aromatic nitrogens is 1. The van der Waals surface area contributed by atoms with Gasteiger partial charge in [0.15, 0.2) is 5.58 Å². The molecule has 0 radical (unpaired) electrons. The lowest BCUT2D eigenvalue weighted by Gasteiger charge is -2.11. The Hall–Kier alpha value is -2.83. The van der Waals surface area contributed by atoms with Crippen molar-refractivity contribution in [2.75, 3.05) is 5.32 Å². The van der Waals surface area contributed by atoms with Crippen LogP contribution in [0.1, 0.15) is 30.9 Å². The Morgan fingerprint density at radius 1 is 1.15 bits per heavy atom. The first-order chi connectivity index (χ1) is 12.1. The maximum atomic E-state index is 12.5. The second-order valence-corrected chi connectivity index (χ2v) is 6.38. The van der Waals surface area contributed by atoms with E-state index in [1.54, 1.807) is 19.1 Å². The first-order valence-corrected chi connectivity index (χ1v) is 8.05. The summed E-state index contributed by atoms with van der Waals surface area (Å²) in [5.41, 5.74) is 3.42. The van der Waals surface area contributed by atoms with Crippen molar-refractivity contribution in [3.05, 3.63) is 47.5 Å². The van der Waals surface area contributed by atoms with Crippen LogP contribution in [0, 0.1) is 6.92 Å². The fourth-order valence-electron chi connectivity index (χ4n) is 2.51. The molecule has 1 amide bonds. The molecule has 0 spiro atoms. The number of oxazole rings is 1. The third-order valence-electron chi connectivity index (χ3n) is 4.07. The molecular weight excluding hydrogens is 345 g/mol. The summed E-state index contributed by atoms with van der Waals surface area (Å²) >= 11 is 0. The van der Waals surface area contributed by atoms with Gasteiger partial charge in [0.1, 0.15) is 5.52 Å². The van der Waals surface area contributed by atoms with Gasteiger partial charge < -0.3 is 9.73 Å². The minimum atomic E-state index is -4.95. The monoisotopic (exact) mass is 362 g/mol. The number of anilines is 1. The smallest absolute Gasteiger partial charge is 0.436 e. The van der Waals surface area contributed by atoms with Crippen molar-refractivity contribution < 1.29 is 22.4 Å². The van der Waals surface area contributed by atoms with Crippen LogP contribution in [-0.4, -0.2) is 17.1 Å². The Morgan fingerprint density at radius 2 is 1.88 bits per heavy atom. The predicted octanol–water partition coefficient (Wildman–Crippen LogP) is 5.43. The molecule has 0 saturated heterocycles. The van der Waals surface area contributed by atoms with Gasteiger partial charge in [0.25, 0.3) is 0 Å². The fraction of sp³-hybridized carbons (Fsp3) is 0.263. The summed E-state index contributed by atoms with van der Waals surface area (Å²) in [5.74, 6) is -1.40. The zero-order valence-electron chi connectivity index (χ0n) is 14.4. The van der Waals surface area contributed by atoms with Gasteiger partial charge >= 0.3 is 12.1 Å². The first kappa shape index (κ1) is 18.0. The van der Waals surface area contributed by atoms with E-state index in [0.717, 1.165) is 5.56 Å². The largest absolute Gasteiger partial charge is 0.471 e. The molecule has 0 fully saturated rings. The van der Waals surface area contributed by atoms with Crippen LogP contribution in [-0.2, 0) is 4.79 Å². The zero-order valence-corrected chi connectivity index (χ0v) is 14.4. The summed E-state index contributed by atoms with van der Waals surface area (Å²) < 4.78 is 43.2. The van der Waals surface area contributed by atoms with Gasteiger partial charge in [0.2, 0.25) is 5.89 Å². The van der Waals surface area contributed by atoms with Crippen molar-refractivity contribution in [3.63, 3.8) is 0 Å². The molecular formula is C19H17F3N2O2. The lowest BCUT2D eigenvalue weighted by Crippen LogP contribution is -2.30. The molecule has 0 aliphatic rings. The van der Waals surface area contributed by atoms with Crippen LogP contribution in [0.2, 0.25) is 0 Å². The number of nitrogens with one attached hydrogen (secondary N) is 1. The van der Waals surface area contributed by atoms with Gasteiger partial charge in [0.05, 0.1) is 0 Å². The van der Waals surface area contributed by atoms with E-state index in [1.165, 1.54) is 6.07 Å². The minimum absolute atomic E-state index is 0.0648. The van der Waals surface area contributed by atoms with Crippen molar-refractivity contribution in [3.8, 4) is 11.5 Å². The number of nitrogens with zero attached hydrogens (tertiary/aromatic N) is 1. The van der Waals surface area contributed by atoms with Gasteiger partial charge in [-0.1, -0.05) is 26.0 Å². The predicted molar refractivity (Wildman–Crippen MR) is 93.0 cm³/mol. The molecule has 4 nitrogen and oxygen atoms in total. The number of aryl methyl sites for hydroxylation is 1. The standard InChI is InChI=1S/C19H17F3N2O2/c1-10(2)12-6-7-16-15(8-12)23-17(26-16)13-5-4-11(3)14(9-13)24-18(25)19(20,21)22/h4-10H,1-3H3,(H,24,25). The second kappa shape index (κ2) is 6.48. The molecule has 0 aliphatic heterocycles. The topological polar surface area (TPSA) is 55.1 Å². The number of benzene rings is 2. The van der Waals surface area contributed by atoms with Crippen molar-refractivity contribution in [2.45, 2.75) is 32.9 Å². The molecule has 0 bridgehead atoms. The first-order valence-electron chi connectivity index (χ1n) is 8.05. The third-order valence-corrected chi connectivity index (χ3v) is 4.07. The summed E-state index contributed by atoms with van der Waals surface area (Å²) in [6.45, 7) is 5.74. The second-order valence-electron chi connectivity index (χ2n) is 6.38. The number of fused-ring (bicyclic) bond motifs is 1. The minimum Gasteiger partial charge on any atom is -0.436 e. The summed E-state index contributed by atoms with van der Waals surface area (Å²) in [6.07, 6.45) is -4.95.